The third kappa shape index (κ3) is 2.89. The summed E-state index contributed by atoms with van der Waals surface area (Å²) in [5, 5.41) is 3.50. The molecule has 0 radical (unpaired) electrons. The van der Waals surface area contributed by atoms with Crippen LogP contribution in [0.15, 0.2) is 18.2 Å². The first-order valence-corrected chi connectivity index (χ1v) is 6.71. The second-order valence-corrected chi connectivity index (χ2v) is 5.60. The van der Waals surface area contributed by atoms with Gasteiger partial charge in [-0.05, 0) is 29.9 Å². The smallest absolute Gasteiger partial charge is 0.231 e. The molecule has 3 nitrogen and oxygen atoms in total. The SMILES string of the molecule is CC(C)C(CNc1ccc2c(c1)OCO2)C(C)C. The van der Waals surface area contributed by atoms with Crippen LogP contribution in [0.25, 0.3) is 0 Å². The van der Waals surface area contributed by atoms with Gasteiger partial charge in [0.25, 0.3) is 0 Å². The first-order chi connectivity index (χ1) is 8.58. The number of hydrogen-bond acceptors (Lipinski definition) is 3. The zero-order valence-electron chi connectivity index (χ0n) is 11.7. The van der Waals surface area contributed by atoms with Crippen molar-refractivity contribution < 1.29 is 9.47 Å². The van der Waals surface area contributed by atoms with E-state index in [0.717, 1.165) is 23.7 Å². The summed E-state index contributed by atoms with van der Waals surface area (Å²) in [6.07, 6.45) is 0. The fraction of sp³-hybridized carbons (Fsp3) is 0.600. The molecule has 18 heavy (non-hydrogen) atoms. The molecular formula is C15H23NO2. The second-order valence-electron chi connectivity index (χ2n) is 5.60. The highest BCUT2D eigenvalue weighted by atomic mass is 16.7. The molecule has 1 N–H and O–H groups in total. The van der Waals surface area contributed by atoms with E-state index in [1.807, 2.05) is 18.2 Å². The Labute approximate surface area is 109 Å². The van der Waals surface area contributed by atoms with Gasteiger partial charge in [0, 0.05) is 18.3 Å². The van der Waals surface area contributed by atoms with Crippen molar-refractivity contribution in [3.8, 4) is 11.5 Å². The van der Waals surface area contributed by atoms with Crippen LogP contribution in [0, 0.1) is 17.8 Å². The standard InChI is InChI=1S/C15H23NO2/c1-10(2)13(11(3)4)8-16-12-5-6-14-15(7-12)18-9-17-14/h5-7,10-11,13,16H,8-9H2,1-4H3. The number of nitrogens with one attached hydrogen (secondary N) is 1. The quantitative estimate of drug-likeness (QED) is 0.862. The fourth-order valence-electron chi connectivity index (χ4n) is 2.48. The van der Waals surface area contributed by atoms with Crippen LogP contribution in [-0.4, -0.2) is 13.3 Å². The summed E-state index contributed by atoms with van der Waals surface area (Å²) in [5.41, 5.74) is 1.10. The molecule has 3 heteroatoms. The Balaban J connectivity index is 1.97. The summed E-state index contributed by atoms with van der Waals surface area (Å²) in [7, 11) is 0. The van der Waals surface area contributed by atoms with E-state index in [0.29, 0.717) is 24.5 Å². The summed E-state index contributed by atoms with van der Waals surface area (Å²) < 4.78 is 10.7. The Bertz CT molecular complexity index is 393. The van der Waals surface area contributed by atoms with Crippen LogP contribution in [-0.2, 0) is 0 Å². The van der Waals surface area contributed by atoms with Gasteiger partial charge < -0.3 is 14.8 Å². The van der Waals surface area contributed by atoms with E-state index >= 15 is 0 Å². The maximum Gasteiger partial charge on any atom is 0.231 e. The average Bonchev–Trinajstić information content (AvgIpc) is 2.75. The molecule has 0 atom stereocenters. The van der Waals surface area contributed by atoms with Crippen molar-refractivity contribution >= 4 is 5.69 Å². The molecule has 0 aliphatic carbocycles. The Morgan fingerprint density at radius 1 is 1.06 bits per heavy atom. The number of anilines is 1. The average molecular weight is 249 g/mol. The molecular weight excluding hydrogens is 226 g/mol. The van der Waals surface area contributed by atoms with Gasteiger partial charge in [0.15, 0.2) is 11.5 Å². The Kier molecular flexibility index (Phi) is 4.00. The lowest BCUT2D eigenvalue weighted by molar-refractivity contribution is 0.174. The minimum absolute atomic E-state index is 0.333. The topological polar surface area (TPSA) is 30.5 Å². The predicted octanol–water partition coefficient (Wildman–Crippen LogP) is 3.76. The Morgan fingerprint density at radius 3 is 2.39 bits per heavy atom. The van der Waals surface area contributed by atoms with Crippen molar-refractivity contribution in [3.63, 3.8) is 0 Å². The monoisotopic (exact) mass is 249 g/mol. The molecule has 1 aliphatic rings. The first kappa shape index (κ1) is 13.1. The van der Waals surface area contributed by atoms with Gasteiger partial charge in [-0.15, -0.1) is 0 Å². The summed E-state index contributed by atoms with van der Waals surface area (Å²) in [6, 6.07) is 6.02. The Hall–Kier alpha value is -1.38. The summed E-state index contributed by atoms with van der Waals surface area (Å²) in [6.45, 7) is 10.5. The molecule has 100 valence electrons. The highest BCUT2D eigenvalue weighted by Gasteiger charge is 2.18. The van der Waals surface area contributed by atoms with Gasteiger partial charge in [0.1, 0.15) is 0 Å². The van der Waals surface area contributed by atoms with Gasteiger partial charge in [0.2, 0.25) is 6.79 Å². The van der Waals surface area contributed by atoms with Crippen molar-refractivity contribution in [3.05, 3.63) is 18.2 Å². The van der Waals surface area contributed by atoms with Crippen LogP contribution < -0.4 is 14.8 Å². The summed E-state index contributed by atoms with van der Waals surface area (Å²) in [5.74, 6) is 3.73. The molecule has 1 aromatic rings. The largest absolute Gasteiger partial charge is 0.454 e. The first-order valence-electron chi connectivity index (χ1n) is 6.71. The van der Waals surface area contributed by atoms with Crippen molar-refractivity contribution in [1.82, 2.24) is 0 Å². The van der Waals surface area contributed by atoms with Crippen LogP contribution in [0.2, 0.25) is 0 Å². The van der Waals surface area contributed by atoms with Gasteiger partial charge in [-0.1, -0.05) is 27.7 Å². The minimum Gasteiger partial charge on any atom is -0.454 e. The fourth-order valence-corrected chi connectivity index (χ4v) is 2.48. The summed E-state index contributed by atoms with van der Waals surface area (Å²) in [4.78, 5) is 0. The third-order valence-corrected chi connectivity index (χ3v) is 3.63. The molecule has 0 saturated carbocycles. The molecule has 1 aliphatic heterocycles. The lowest BCUT2D eigenvalue weighted by atomic mass is 9.85. The van der Waals surface area contributed by atoms with E-state index in [1.165, 1.54) is 0 Å². The van der Waals surface area contributed by atoms with Crippen LogP contribution in [0.1, 0.15) is 27.7 Å². The normalized spacial score (nSPS) is 13.7. The molecule has 0 bridgehead atoms. The highest BCUT2D eigenvalue weighted by molar-refractivity contribution is 5.55. The molecule has 1 heterocycles. The van der Waals surface area contributed by atoms with Gasteiger partial charge in [-0.3, -0.25) is 0 Å². The van der Waals surface area contributed by atoms with E-state index in [-0.39, 0.29) is 0 Å². The molecule has 2 rings (SSSR count). The van der Waals surface area contributed by atoms with Gasteiger partial charge >= 0.3 is 0 Å². The molecule has 0 aromatic heterocycles. The van der Waals surface area contributed by atoms with E-state index in [4.69, 9.17) is 9.47 Å². The van der Waals surface area contributed by atoms with Gasteiger partial charge in [0.05, 0.1) is 0 Å². The lowest BCUT2D eigenvalue weighted by Crippen LogP contribution is -2.24. The maximum atomic E-state index is 5.38. The molecule has 0 amide bonds. The number of benzene rings is 1. The number of fused-ring (bicyclic) bond motifs is 1. The third-order valence-electron chi connectivity index (χ3n) is 3.63. The van der Waals surface area contributed by atoms with Crippen LogP contribution in [0.5, 0.6) is 11.5 Å². The van der Waals surface area contributed by atoms with Gasteiger partial charge in [-0.25, -0.2) is 0 Å². The van der Waals surface area contributed by atoms with Crippen molar-refractivity contribution in [1.29, 1.82) is 0 Å². The highest BCUT2D eigenvalue weighted by Crippen LogP contribution is 2.34. The zero-order chi connectivity index (χ0) is 13.1. The molecule has 0 saturated heterocycles. The van der Waals surface area contributed by atoms with Gasteiger partial charge in [-0.2, -0.15) is 0 Å². The van der Waals surface area contributed by atoms with Crippen molar-refractivity contribution in [2.45, 2.75) is 27.7 Å². The lowest BCUT2D eigenvalue weighted by Gasteiger charge is -2.25. The zero-order valence-corrected chi connectivity index (χ0v) is 11.7. The number of rotatable bonds is 5. The van der Waals surface area contributed by atoms with E-state index in [9.17, 15) is 0 Å². The van der Waals surface area contributed by atoms with E-state index in [1.54, 1.807) is 0 Å². The Morgan fingerprint density at radius 2 is 1.72 bits per heavy atom. The minimum atomic E-state index is 0.333. The van der Waals surface area contributed by atoms with Crippen molar-refractivity contribution in [2.24, 2.45) is 17.8 Å². The molecule has 0 spiro atoms. The van der Waals surface area contributed by atoms with Crippen LogP contribution in [0.4, 0.5) is 5.69 Å². The van der Waals surface area contributed by atoms with Crippen LogP contribution >= 0.6 is 0 Å². The number of ether oxygens (including phenoxy) is 2. The van der Waals surface area contributed by atoms with E-state index < -0.39 is 0 Å². The molecule has 0 unspecified atom stereocenters. The maximum absolute atomic E-state index is 5.38. The van der Waals surface area contributed by atoms with E-state index in [2.05, 4.69) is 33.0 Å². The summed E-state index contributed by atoms with van der Waals surface area (Å²) >= 11 is 0. The predicted molar refractivity (Wildman–Crippen MR) is 74.2 cm³/mol. The second kappa shape index (κ2) is 5.51. The number of hydrogen-bond donors (Lipinski definition) is 1. The van der Waals surface area contributed by atoms with Crippen molar-refractivity contribution in [2.75, 3.05) is 18.7 Å². The molecule has 1 aromatic carbocycles. The molecule has 0 fully saturated rings. The van der Waals surface area contributed by atoms with Crippen LogP contribution in [0.3, 0.4) is 0 Å².